The first-order valence-corrected chi connectivity index (χ1v) is 5.45. The van der Waals surface area contributed by atoms with Gasteiger partial charge in [0, 0.05) is 8.96 Å². The Kier molecular flexibility index (Phi) is 2.22. The number of nitrogens with zero attached hydrogens (tertiary/aromatic N) is 1. The highest BCUT2D eigenvalue weighted by atomic mass is 127. The van der Waals surface area contributed by atoms with E-state index in [-0.39, 0.29) is 5.56 Å². The topological polar surface area (TPSA) is 23.8 Å². The van der Waals surface area contributed by atoms with Crippen LogP contribution in [0.1, 0.15) is 5.56 Å². The molecule has 64 valence electrons. The molecule has 0 aliphatic heterocycles. The van der Waals surface area contributed by atoms with Crippen LogP contribution in [0, 0.1) is 20.7 Å². The van der Waals surface area contributed by atoms with Crippen molar-refractivity contribution in [2.75, 3.05) is 0 Å². The van der Waals surface area contributed by atoms with Gasteiger partial charge in [0.2, 0.25) is 0 Å². The molecule has 0 saturated heterocycles. The predicted octanol–water partition coefficient (Wildman–Crippen LogP) is 3.52. The standard InChI is InChI=1S/C9H3FINS/c10-8-5(4-12)3-7(11)6-1-2-13-9(6)8/h1-3H. The lowest BCUT2D eigenvalue weighted by molar-refractivity contribution is 0.637. The number of nitriles is 1. The Morgan fingerprint density at radius 2 is 2.31 bits per heavy atom. The molecule has 2 aromatic rings. The van der Waals surface area contributed by atoms with Gasteiger partial charge in [-0.05, 0) is 40.1 Å². The van der Waals surface area contributed by atoms with Crippen LogP contribution in [0.5, 0.6) is 0 Å². The Labute approximate surface area is 91.9 Å². The number of halogens is 2. The van der Waals surface area contributed by atoms with E-state index < -0.39 is 5.82 Å². The van der Waals surface area contributed by atoms with E-state index in [0.717, 1.165) is 8.96 Å². The Hall–Kier alpha value is -0.670. The average molecular weight is 303 g/mol. The molecule has 1 heterocycles. The fourth-order valence-electron chi connectivity index (χ4n) is 1.14. The molecule has 13 heavy (non-hydrogen) atoms. The van der Waals surface area contributed by atoms with Gasteiger partial charge in [0.05, 0.1) is 10.3 Å². The fraction of sp³-hybridized carbons (Fsp3) is 0. The van der Waals surface area contributed by atoms with Crippen LogP contribution >= 0.6 is 33.9 Å². The third-order valence-corrected chi connectivity index (χ3v) is 3.55. The van der Waals surface area contributed by atoms with Gasteiger partial charge >= 0.3 is 0 Å². The quantitative estimate of drug-likeness (QED) is 0.683. The van der Waals surface area contributed by atoms with Crippen molar-refractivity contribution in [2.24, 2.45) is 0 Å². The molecule has 1 aromatic carbocycles. The van der Waals surface area contributed by atoms with Crippen molar-refractivity contribution in [1.82, 2.24) is 0 Å². The number of hydrogen-bond donors (Lipinski definition) is 0. The molecule has 0 spiro atoms. The SMILES string of the molecule is N#Cc1cc(I)c2ccsc2c1F. The normalized spacial score (nSPS) is 10.2. The van der Waals surface area contributed by atoms with Crippen molar-refractivity contribution < 1.29 is 4.39 Å². The summed E-state index contributed by atoms with van der Waals surface area (Å²) in [6.45, 7) is 0. The molecule has 1 nitrogen and oxygen atoms in total. The zero-order chi connectivity index (χ0) is 9.42. The lowest BCUT2D eigenvalue weighted by atomic mass is 10.2. The van der Waals surface area contributed by atoms with E-state index in [4.69, 9.17) is 5.26 Å². The number of fused-ring (bicyclic) bond motifs is 1. The first kappa shape index (κ1) is 8.91. The van der Waals surface area contributed by atoms with E-state index in [1.165, 1.54) is 11.3 Å². The molecule has 0 atom stereocenters. The van der Waals surface area contributed by atoms with Crippen molar-refractivity contribution >= 4 is 44.0 Å². The average Bonchev–Trinajstić information content (AvgIpc) is 2.60. The number of thiophene rings is 1. The van der Waals surface area contributed by atoms with Crippen molar-refractivity contribution in [3.8, 4) is 6.07 Å². The van der Waals surface area contributed by atoms with Crippen LogP contribution in [0.4, 0.5) is 4.39 Å². The van der Waals surface area contributed by atoms with Crippen LogP contribution in [-0.2, 0) is 0 Å². The zero-order valence-corrected chi connectivity index (χ0v) is 9.32. The number of hydrogen-bond acceptors (Lipinski definition) is 2. The summed E-state index contributed by atoms with van der Waals surface area (Å²) >= 11 is 3.44. The van der Waals surface area contributed by atoms with E-state index >= 15 is 0 Å². The van der Waals surface area contributed by atoms with Crippen molar-refractivity contribution in [2.45, 2.75) is 0 Å². The molecule has 0 fully saturated rings. The van der Waals surface area contributed by atoms with Gasteiger partial charge in [0.15, 0.2) is 5.82 Å². The maximum absolute atomic E-state index is 13.5. The first-order valence-electron chi connectivity index (χ1n) is 3.49. The van der Waals surface area contributed by atoms with Gasteiger partial charge in [0.1, 0.15) is 6.07 Å². The summed E-state index contributed by atoms with van der Waals surface area (Å²) in [5.74, 6) is -0.395. The second kappa shape index (κ2) is 3.24. The third-order valence-electron chi connectivity index (χ3n) is 1.75. The monoisotopic (exact) mass is 303 g/mol. The highest BCUT2D eigenvalue weighted by Gasteiger charge is 2.10. The summed E-state index contributed by atoms with van der Waals surface area (Å²) in [7, 11) is 0. The molecule has 4 heteroatoms. The maximum atomic E-state index is 13.5. The minimum Gasteiger partial charge on any atom is -0.204 e. The Morgan fingerprint density at radius 3 is 3.00 bits per heavy atom. The predicted molar refractivity (Wildman–Crippen MR) is 59.2 cm³/mol. The van der Waals surface area contributed by atoms with Gasteiger partial charge in [-0.15, -0.1) is 11.3 Å². The third kappa shape index (κ3) is 1.32. The molecule has 0 aliphatic rings. The molecule has 0 unspecified atom stereocenters. The summed E-state index contributed by atoms with van der Waals surface area (Å²) in [5.41, 5.74) is 0.124. The summed E-state index contributed by atoms with van der Waals surface area (Å²) in [6, 6.07) is 5.29. The van der Waals surface area contributed by atoms with Crippen LogP contribution in [-0.4, -0.2) is 0 Å². The maximum Gasteiger partial charge on any atom is 0.158 e. The largest absolute Gasteiger partial charge is 0.204 e. The molecule has 0 N–H and O–H groups in total. The van der Waals surface area contributed by atoms with Gasteiger partial charge in [-0.3, -0.25) is 0 Å². The number of rotatable bonds is 0. The summed E-state index contributed by atoms with van der Waals surface area (Å²) < 4.78 is 15.0. The summed E-state index contributed by atoms with van der Waals surface area (Å²) in [4.78, 5) is 0. The molecule has 0 amide bonds. The smallest absolute Gasteiger partial charge is 0.158 e. The van der Waals surface area contributed by atoms with E-state index in [1.807, 2.05) is 17.5 Å². The molecule has 0 saturated carbocycles. The van der Waals surface area contributed by atoms with Gasteiger partial charge < -0.3 is 0 Å². The Bertz CT molecular complexity index is 512. The molecule has 0 radical (unpaired) electrons. The van der Waals surface area contributed by atoms with Crippen LogP contribution in [0.25, 0.3) is 10.1 Å². The second-order valence-electron chi connectivity index (χ2n) is 2.50. The number of benzene rings is 1. The van der Waals surface area contributed by atoms with E-state index in [0.29, 0.717) is 4.70 Å². The second-order valence-corrected chi connectivity index (χ2v) is 4.57. The van der Waals surface area contributed by atoms with Gasteiger partial charge in [-0.1, -0.05) is 0 Å². The van der Waals surface area contributed by atoms with Crippen LogP contribution < -0.4 is 0 Å². The zero-order valence-electron chi connectivity index (χ0n) is 6.34. The van der Waals surface area contributed by atoms with Gasteiger partial charge in [-0.25, -0.2) is 4.39 Å². The van der Waals surface area contributed by atoms with E-state index in [1.54, 1.807) is 6.07 Å². The molecular formula is C9H3FINS. The minimum atomic E-state index is -0.395. The van der Waals surface area contributed by atoms with Crippen LogP contribution in [0.15, 0.2) is 17.5 Å². The first-order chi connectivity index (χ1) is 6.24. The van der Waals surface area contributed by atoms with Crippen LogP contribution in [0.2, 0.25) is 0 Å². The minimum absolute atomic E-state index is 0.124. The summed E-state index contributed by atoms with van der Waals surface area (Å²) in [5, 5.41) is 11.4. The lowest BCUT2D eigenvalue weighted by Gasteiger charge is -1.97. The molecule has 1 aromatic heterocycles. The van der Waals surface area contributed by atoms with Crippen LogP contribution in [0.3, 0.4) is 0 Å². The van der Waals surface area contributed by atoms with Gasteiger partial charge in [0.25, 0.3) is 0 Å². The Balaban J connectivity index is 2.95. The van der Waals surface area contributed by atoms with Crippen molar-refractivity contribution in [3.05, 3.63) is 32.5 Å². The van der Waals surface area contributed by atoms with E-state index in [2.05, 4.69) is 22.6 Å². The van der Waals surface area contributed by atoms with Crippen molar-refractivity contribution in [1.29, 1.82) is 5.26 Å². The molecule has 0 bridgehead atoms. The van der Waals surface area contributed by atoms with Gasteiger partial charge in [-0.2, -0.15) is 5.26 Å². The Morgan fingerprint density at radius 1 is 1.54 bits per heavy atom. The highest BCUT2D eigenvalue weighted by molar-refractivity contribution is 14.1. The fourth-order valence-corrected chi connectivity index (χ4v) is 2.94. The lowest BCUT2D eigenvalue weighted by Crippen LogP contribution is -1.85. The molecule has 2 rings (SSSR count). The molecular weight excluding hydrogens is 300 g/mol. The van der Waals surface area contributed by atoms with Crippen molar-refractivity contribution in [3.63, 3.8) is 0 Å². The van der Waals surface area contributed by atoms with E-state index in [9.17, 15) is 4.39 Å². The molecule has 0 aliphatic carbocycles. The summed E-state index contributed by atoms with van der Waals surface area (Å²) in [6.07, 6.45) is 0. The highest BCUT2D eigenvalue weighted by Crippen LogP contribution is 2.30.